The molecule has 8 heteroatoms. The molecule has 0 spiro atoms. The predicted octanol–water partition coefficient (Wildman–Crippen LogP) is 3.23. The van der Waals surface area contributed by atoms with E-state index in [9.17, 15) is 4.79 Å². The molecule has 1 aromatic heterocycles. The van der Waals surface area contributed by atoms with Gasteiger partial charge in [0.2, 0.25) is 0 Å². The molecule has 0 aliphatic carbocycles. The number of anilines is 2. The van der Waals surface area contributed by atoms with E-state index in [2.05, 4.69) is 15.5 Å². The Balaban J connectivity index is 2.37. The van der Waals surface area contributed by atoms with Crippen molar-refractivity contribution in [1.29, 1.82) is 0 Å². The Hall–Kier alpha value is -2.05. The van der Waals surface area contributed by atoms with Crippen molar-refractivity contribution in [3.8, 4) is 5.75 Å². The van der Waals surface area contributed by atoms with Crippen molar-refractivity contribution in [2.75, 3.05) is 12.4 Å². The zero-order chi connectivity index (χ0) is 14.7. The summed E-state index contributed by atoms with van der Waals surface area (Å²) >= 11 is 11.7. The summed E-state index contributed by atoms with van der Waals surface area (Å²) in [5, 5.41) is 19.9. The van der Waals surface area contributed by atoms with E-state index in [-0.39, 0.29) is 21.5 Å². The number of aromatic carboxylic acids is 1. The molecule has 104 valence electrons. The van der Waals surface area contributed by atoms with Gasteiger partial charge in [-0.05, 0) is 18.2 Å². The van der Waals surface area contributed by atoms with Gasteiger partial charge in [0.25, 0.3) is 0 Å². The lowest BCUT2D eigenvalue weighted by Gasteiger charge is -2.11. The summed E-state index contributed by atoms with van der Waals surface area (Å²) in [5.74, 6) is -0.519. The standard InChI is InChI=1S/C12H9Cl2N3O3/c1-20-9-5-8(7(13)4-6(9)12(18)19)15-11-3-2-10(14)16-17-11/h2-5H,1H3,(H,15,17)(H,18,19). The van der Waals surface area contributed by atoms with E-state index in [0.717, 1.165) is 0 Å². The quantitative estimate of drug-likeness (QED) is 0.901. The molecular formula is C12H9Cl2N3O3. The first-order valence-corrected chi connectivity index (χ1v) is 6.14. The number of nitrogens with zero attached hydrogens (tertiary/aromatic N) is 2. The maximum Gasteiger partial charge on any atom is 0.339 e. The highest BCUT2D eigenvalue weighted by Gasteiger charge is 2.15. The Kier molecular flexibility index (Phi) is 4.26. The normalized spacial score (nSPS) is 10.2. The third-order valence-corrected chi connectivity index (χ3v) is 2.93. The number of carboxylic acids is 1. The molecule has 0 saturated heterocycles. The largest absolute Gasteiger partial charge is 0.496 e. The number of carbonyl (C=O) groups is 1. The highest BCUT2D eigenvalue weighted by Crippen LogP contribution is 2.32. The van der Waals surface area contributed by atoms with Crippen molar-refractivity contribution in [1.82, 2.24) is 10.2 Å². The van der Waals surface area contributed by atoms with Crippen LogP contribution in [0.2, 0.25) is 10.2 Å². The number of halogens is 2. The average molecular weight is 314 g/mol. The van der Waals surface area contributed by atoms with Gasteiger partial charge in [-0.3, -0.25) is 0 Å². The van der Waals surface area contributed by atoms with Crippen LogP contribution in [0.3, 0.4) is 0 Å². The highest BCUT2D eigenvalue weighted by atomic mass is 35.5. The Morgan fingerprint density at radius 1 is 1.30 bits per heavy atom. The van der Waals surface area contributed by atoms with Crippen LogP contribution in [0.5, 0.6) is 5.75 Å². The lowest BCUT2D eigenvalue weighted by Crippen LogP contribution is -2.03. The number of carboxylic acid groups (broad SMARTS) is 1. The van der Waals surface area contributed by atoms with Crippen molar-refractivity contribution in [3.63, 3.8) is 0 Å². The number of methoxy groups -OCH3 is 1. The average Bonchev–Trinajstić information content (AvgIpc) is 2.42. The van der Waals surface area contributed by atoms with Crippen molar-refractivity contribution < 1.29 is 14.6 Å². The van der Waals surface area contributed by atoms with Gasteiger partial charge >= 0.3 is 5.97 Å². The monoisotopic (exact) mass is 313 g/mol. The first kappa shape index (κ1) is 14.4. The van der Waals surface area contributed by atoms with Crippen LogP contribution in [-0.2, 0) is 0 Å². The Morgan fingerprint density at radius 3 is 2.60 bits per heavy atom. The summed E-state index contributed by atoms with van der Waals surface area (Å²) in [6.45, 7) is 0. The van der Waals surface area contributed by atoms with E-state index in [1.165, 1.54) is 19.2 Å². The number of aromatic nitrogens is 2. The van der Waals surface area contributed by atoms with E-state index in [1.807, 2.05) is 0 Å². The third kappa shape index (κ3) is 3.09. The molecule has 0 amide bonds. The number of hydrogen-bond acceptors (Lipinski definition) is 5. The van der Waals surface area contributed by atoms with Crippen molar-refractivity contribution in [2.45, 2.75) is 0 Å². The van der Waals surface area contributed by atoms with Crippen LogP contribution in [-0.4, -0.2) is 28.4 Å². The van der Waals surface area contributed by atoms with Gasteiger partial charge in [0.05, 0.1) is 17.8 Å². The molecule has 0 unspecified atom stereocenters. The number of benzene rings is 1. The molecule has 0 aliphatic heterocycles. The molecule has 1 heterocycles. The molecule has 0 radical (unpaired) electrons. The van der Waals surface area contributed by atoms with Crippen LogP contribution < -0.4 is 10.1 Å². The predicted molar refractivity (Wildman–Crippen MR) is 75.3 cm³/mol. The molecule has 0 aliphatic rings. The zero-order valence-electron chi connectivity index (χ0n) is 10.2. The molecule has 0 atom stereocenters. The summed E-state index contributed by atoms with van der Waals surface area (Å²) in [7, 11) is 1.38. The Bertz CT molecular complexity index is 647. The molecule has 2 rings (SSSR count). The van der Waals surface area contributed by atoms with Gasteiger partial charge in [-0.1, -0.05) is 23.2 Å². The summed E-state index contributed by atoms with van der Waals surface area (Å²) in [5.41, 5.74) is 0.426. The van der Waals surface area contributed by atoms with Crippen LogP contribution in [0.25, 0.3) is 0 Å². The van der Waals surface area contributed by atoms with Crippen LogP contribution in [0, 0.1) is 0 Å². The first-order valence-electron chi connectivity index (χ1n) is 5.38. The highest BCUT2D eigenvalue weighted by molar-refractivity contribution is 6.33. The van der Waals surface area contributed by atoms with Gasteiger partial charge in [-0.2, -0.15) is 0 Å². The van der Waals surface area contributed by atoms with E-state index >= 15 is 0 Å². The Morgan fingerprint density at radius 2 is 2.05 bits per heavy atom. The van der Waals surface area contributed by atoms with Gasteiger partial charge in [0.1, 0.15) is 11.3 Å². The van der Waals surface area contributed by atoms with E-state index in [1.54, 1.807) is 12.1 Å². The van der Waals surface area contributed by atoms with Gasteiger partial charge in [0, 0.05) is 6.07 Å². The number of ether oxygens (including phenoxy) is 1. The zero-order valence-corrected chi connectivity index (χ0v) is 11.7. The summed E-state index contributed by atoms with van der Waals surface area (Å²) in [6, 6.07) is 5.95. The second kappa shape index (κ2) is 5.94. The van der Waals surface area contributed by atoms with Gasteiger partial charge in [-0.25, -0.2) is 4.79 Å². The van der Waals surface area contributed by atoms with E-state index < -0.39 is 5.97 Å². The second-order valence-electron chi connectivity index (χ2n) is 3.70. The molecule has 20 heavy (non-hydrogen) atoms. The molecule has 2 aromatic rings. The van der Waals surface area contributed by atoms with Crippen molar-refractivity contribution in [2.24, 2.45) is 0 Å². The number of nitrogens with one attached hydrogen (secondary N) is 1. The minimum absolute atomic E-state index is 0.0229. The smallest absolute Gasteiger partial charge is 0.339 e. The first-order chi connectivity index (χ1) is 9.51. The van der Waals surface area contributed by atoms with Crippen LogP contribution in [0.1, 0.15) is 10.4 Å². The summed E-state index contributed by atoms with van der Waals surface area (Å²) < 4.78 is 5.02. The van der Waals surface area contributed by atoms with Crippen molar-refractivity contribution >= 4 is 40.7 Å². The molecule has 1 aromatic carbocycles. The fourth-order valence-electron chi connectivity index (χ4n) is 1.51. The lowest BCUT2D eigenvalue weighted by atomic mass is 10.2. The van der Waals surface area contributed by atoms with E-state index in [0.29, 0.717) is 11.5 Å². The van der Waals surface area contributed by atoms with Crippen LogP contribution in [0.15, 0.2) is 24.3 Å². The topological polar surface area (TPSA) is 84.3 Å². The SMILES string of the molecule is COc1cc(Nc2ccc(Cl)nn2)c(Cl)cc1C(=O)O. The minimum Gasteiger partial charge on any atom is -0.496 e. The molecule has 6 nitrogen and oxygen atoms in total. The molecular weight excluding hydrogens is 305 g/mol. The van der Waals surface area contributed by atoms with Gasteiger partial charge in [-0.15, -0.1) is 10.2 Å². The molecule has 0 fully saturated rings. The van der Waals surface area contributed by atoms with Crippen molar-refractivity contribution in [3.05, 3.63) is 40.0 Å². The fraction of sp³-hybridized carbons (Fsp3) is 0.0833. The summed E-state index contributed by atoms with van der Waals surface area (Å²) in [6.07, 6.45) is 0. The maximum atomic E-state index is 11.0. The van der Waals surface area contributed by atoms with Gasteiger partial charge < -0.3 is 15.2 Å². The van der Waals surface area contributed by atoms with Crippen LogP contribution in [0.4, 0.5) is 11.5 Å². The Labute approximate surface area is 124 Å². The molecule has 0 bridgehead atoms. The lowest BCUT2D eigenvalue weighted by molar-refractivity contribution is 0.0693. The van der Waals surface area contributed by atoms with E-state index in [4.69, 9.17) is 33.0 Å². The van der Waals surface area contributed by atoms with Crippen LogP contribution >= 0.6 is 23.2 Å². The molecule has 2 N–H and O–H groups in total. The molecule has 0 saturated carbocycles. The minimum atomic E-state index is -1.12. The fourth-order valence-corrected chi connectivity index (χ4v) is 1.82. The van der Waals surface area contributed by atoms with Gasteiger partial charge in [0.15, 0.2) is 11.0 Å². The second-order valence-corrected chi connectivity index (χ2v) is 4.50. The summed E-state index contributed by atoms with van der Waals surface area (Å²) in [4.78, 5) is 11.0. The number of hydrogen-bond donors (Lipinski definition) is 2. The number of rotatable bonds is 4. The maximum absolute atomic E-state index is 11.0. The third-order valence-electron chi connectivity index (χ3n) is 2.41.